The maximum atomic E-state index is 12.1. The van der Waals surface area contributed by atoms with Gasteiger partial charge in [0, 0.05) is 19.3 Å². The first-order valence-corrected chi connectivity index (χ1v) is 8.72. The zero-order valence-corrected chi connectivity index (χ0v) is 15.7. The molecule has 0 N–H and O–H groups in total. The van der Waals surface area contributed by atoms with Crippen molar-refractivity contribution >= 4 is 11.9 Å². The Labute approximate surface area is 140 Å². The Bertz CT molecular complexity index is 417. The van der Waals surface area contributed by atoms with Crippen LogP contribution < -0.4 is 0 Å². The molecule has 5 nitrogen and oxygen atoms in total. The van der Waals surface area contributed by atoms with Crippen molar-refractivity contribution in [2.75, 3.05) is 33.3 Å². The van der Waals surface area contributed by atoms with Gasteiger partial charge in [-0.3, -0.25) is 9.59 Å². The summed E-state index contributed by atoms with van der Waals surface area (Å²) in [6.45, 7) is 12.8. The van der Waals surface area contributed by atoms with Crippen molar-refractivity contribution < 1.29 is 23.5 Å². The van der Waals surface area contributed by atoms with Gasteiger partial charge in [0.1, 0.15) is 5.60 Å². The van der Waals surface area contributed by atoms with E-state index in [9.17, 15) is 9.59 Å². The van der Waals surface area contributed by atoms with Gasteiger partial charge in [-0.1, -0.05) is 0 Å². The number of ether oxygens (including phenoxy) is 2. The first kappa shape index (κ1) is 19.9. The number of esters is 2. The van der Waals surface area contributed by atoms with Gasteiger partial charge in [-0.15, -0.1) is 0 Å². The van der Waals surface area contributed by atoms with Crippen LogP contribution in [0.25, 0.3) is 0 Å². The van der Waals surface area contributed by atoms with Crippen LogP contribution in [0.1, 0.15) is 60.3 Å². The molecule has 0 saturated carbocycles. The highest BCUT2D eigenvalue weighted by atomic mass is 16.6. The SMILES string of the molecule is CCOC(=O)C1(C)CC[N+](C)(CCCC(=O)OC(C)(C)C)CC1. The summed E-state index contributed by atoms with van der Waals surface area (Å²) in [6, 6.07) is 0. The summed E-state index contributed by atoms with van der Waals surface area (Å²) in [5, 5.41) is 0. The van der Waals surface area contributed by atoms with Crippen LogP contribution in [0.15, 0.2) is 0 Å². The quantitative estimate of drug-likeness (QED) is 0.556. The lowest BCUT2D eigenvalue weighted by Gasteiger charge is -2.43. The fraction of sp³-hybridized carbons (Fsp3) is 0.889. The van der Waals surface area contributed by atoms with Crippen molar-refractivity contribution in [2.24, 2.45) is 5.41 Å². The van der Waals surface area contributed by atoms with Crippen LogP contribution in [0.4, 0.5) is 0 Å². The second-order valence-electron chi connectivity index (χ2n) is 8.26. The number of piperidine rings is 1. The number of carbonyl (C=O) groups is 2. The fourth-order valence-electron chi connectivity index (χ4n) is 3.00. The highest BCUT2D eigenvalue weighted by Crippen LogP contribution is 2.35. The molecule has 1 rings (SSSR count). The zero-order chi connectivity index (χ0) is 17.7. The van der Waals surface area contributed by atoms with E-state index in [0.29, 0.717) is 13.0 Å². The van der Waals surface area contributed by atoms with E-state index in [-0.39, 0.29) is 17.4 Å². The minimum Gasteiger partial charge on any atom is -0.466 e. The lowest BCUT2D eigenvalue weighted by Crippen LogP contribution is -2.54. The van der Waals surface area contributed by atoms with Crippen molar-refractivity contribution in [3.63, 3.8) is 0 Å². The summed E-state index contributed by atoms with van der Waals surface area (Å²) in [5.74, 6) is -0.197. The molecule has 0 aromatic rings. The molecule has 23 heavy (non-hydrogen) atoms. The van der Waals surface area contributed by atoms with E-state index < -0.39 is 5.60 Å². The predicted octanol–water partition coefficient (Wildman–Crippen LogP) is 2.92. The molecule has 0 atom stereocenters. The van der Waals surface area contributed by atoms with E-state index in [1.807, 2.05) is 34.6 Å². The minimum atomic E-state index is -0.415. The summed E-state index contributed by atoms with van der Waals surface area (Å²) >= 11 is 0. The Morgan fingerprint density at radius 3 is 2.22 bits per heavy atom. The average molecular weight is 328 g/mol. The van der Waals surface area contributed by atoms with Crippen molar-refractivity contribution in [1.82, 2.24) is 0 Å². The van der Waals surface area contributed by atoms with Crippen LogP contribution in [-0.2, 0) is 19.1 Å². The second-order valence-corrected chi connectivity index (χ2v) is 8.26. The number of carbonyl (C=O) groups excluding carboxylic acids is 2. The van der Waals surface area contributed by atoms with E-state index in [1.165, 1.54) is 0 Å². The molecule has 1 saturated heterocycles. The number of hydrogen-bond acceptors (Lipinski definition) is 4. The maximum absolute atomic E-state index is 12.1. The van der Waals surface area contributed by atoms with E-state index in [1.54, 1.807) is 0 Å². The van der Waals surface area contributed by atoms with Gasteiger partial charge in [0.2, 0.25) is 0 Å². The summed E-state index contributed by atoms with van der Waals surface area (Å²) < 4.78 is 11.5. The molecule has 0 aromatic heterocycles. The van der Waals surface area contributed by atoms with Crippen LogP contribution in [0.5, 0.6) is 0 Å². The third-order valence-electron chi connectivity index (χ3n) is 4.67. The van der Waals surface area contributed by atoms with Crippen LogP contribution >= 0.6 is 0 Å². The molecule has 0 bridgehead atoms. The van der Waals surface area contributed by atoms with Crippen LogP contribution in [0.3, 0.4) is 0 Å². The van der Waals surface area contributed by atoms with Gasteiger partial charge < -0.3 is 14.0 Å². The zero-order valence-electron chi connectivity index (χ0n) is 15.7. The molecule has 1 heterocycles. The summed E-state index contributed by atoms with van der Waals surface area (Å²) in [4.78, 5) is 23.9. The van der Waals surface area contributed by atoms with Crippen LogP contribution in [-0.4, -0.2) is 55.3 Å². The summed E-state index contributed by atoms with van der Waals surface area (Å²) in [7, 11) is 2.21. The van der Waals surface area contributed by atoms with Gasteiger partial charge in [-0.25, -0.2) is 0 Å². The Hall–Kier alpha value is -1.10. The van der Waals surface area contributed by atoms with Gasteiger partial charge in [0.05, 0.1) is 45.1 Å². The Balaban J connectivity index is 2.40. The molecule has 1 fully saturated rings. The Morgan fingerprint density at radius 2 is 1.74 bits per heavy atom. The van der Waals surface area contributed by atoms with E-state index in [4.69, 9.17) is 9.47 Å². The van der Waals surface area contributed by atoms with Gasteiger partial charge in [0.15, 0.2) is 0 Å². The van der Waals surface area contributed by atoms with E-state index in [0.717, 1.165) is 43.4 Å². The molecule has 0 aromatic carbocycles. The van der Waals surface area contributed by atoms with Crippen LogP contribution in [0, 0.1) is 5.41 Å². The van der Waals surface area contributed by atoms with Gasteiger partial charge in [-0.2, -0.15) is 0 Å². The Morgan fingerprint density at radius 1 is 1.17 bits per heavy atom. The maximum Gasteiger partial charge on any atom is 0.312 e. The number of hydrogen-bond donors (Lipinski definition) is 0. The van der Waals surface area contributed by atoms with Crippen LogP contribution in [0.2, 0.25) is 0 Å². The number of nitrogens with zero attached hydrogens (tertiary/aromatic N) is 1. The third kappa shape index (κ3) is 6.50. The Kier molecular flexibility index (Phi) is 6.63. The summed E-state index contributed by atoms with van der Waals surface area (Å²) in [6.07, 6.45) is 2.96. The monoisotopic (exact) mass is 328 g/mol. The molecule has 0 aliphatic carbocycles. The minimum absolute atomic E-state index is 0.0694. The molecule has 0 amide bonds. The number of likely N-dealkylation sites (tertiary alicyclic amines) is 1. The van der Waals surface area contributed by atoms with Crippen molar-refractivity contribution in [2.45, 2.75) is 65.9 Å². The highest BCUT2D eigenvalue weighted by molar-refractivity contribution is 5.76. The highest BCUT2D eigenvalue weighted by Gasteiger charge is 2.43. The molecule has 1 aliphatic heterocycles. The largest absolute Gasteiger partial charge is 0.466 e. The lowest BCUT2D eigenvalue weighted by molar-refractivity contribution is -0.916. The van der Waals surface area contributed by atoms with Crippen molar-refractivity contribution in [1.29, 1.82) is 0 Å². The smallest absolute Gasteiger partial charge is 0.312 e. The normalized spacial score (nSPS) is 28.3. The van der Waals surface area contributed by atoms with Crippen molar-refractivity contribution in [3.05, 3.63) is 0 Å². The molecule has 134 valence electrons. The lowest BCUT2D eigenvalue weighted by atomic mass is 9.79. The first-order chi connectivity index (χ1) is 10.5. The summed E-state index contributed by atoms with van der Waals surface area (Å²) in [5.41, 5.74) is -0.763. The average Bonchev–Trinajstić information content (AvgIpc) is 2.41. The van der Waals surface area contributed by atoms with Gasteiger partial charge >= 0.3 is 11.9 Å². The molecule has 5 heteroatoms. The molecule has 0 unspecified atom stereocenters. The second kappa shape index (κ2) is 7.65. The number of quaternary nitrogens is 1. The van der Waals surface area contributed by atoms with Gasteiger partial charge in [-0.05, 0) is 34.6 Å². The van der Waals surface area contributed by atoms with E-state index >= 15 is 0 Å². The molecule has 0 spiro atoms. The third-order valence-corrected chi connectivity index (χ3v) is 4.67. The standard InChI is InChI=1S/C18H34NO4/c1-7-22-16(21)18(5)10-13-19(6,14-11-18)12-8-9-15(20)23-17(2,3)4/h7-14H2,1-6H3/q+1. The molecule has 0 radical (unpaired) electrons. The molecule has 1 aliphatic rings. The topological polar surface area (TPSA) is 52.6 Å². The predicted molar refractivity (Wildman–Crippen MR) is 89.8 cm³/mol. The molecular formula is C18H34NO4+. The van der Waals surface area contributed by atoms with Gasteiger partial charge in [0.25, 0.3) is 0 Å². The number of rotatable bonds is 6. The van der Waals surface area contributed by atoms with E-state index in [2.05, 4.69) is 7.05 Å². The fourth-order valence-corrected chi connectivity index (χ4v) is 3.00. The molecular weight excluding hydrogens is 294 g/mol. The van der Waals surface area contributed by atoms with Crippen molar-refractivity contribution in [3.8, 4) is 0 Å². The first-order valence-electron chi connectivity index (χ1n) is 8.72.